The number of aliphatic hydroxyl groups excluding tert-OH is 1. The zero-order valence-corrected chi connectivity index (χ0v) is 21.3. The van der Waals surface area contributed by atoms with E-state index in [9.17, 15) is 24.6 Å². The Balaban J connectivity index is 1.44. The Morgan fingerprint density at radius 2 is 1.95 bits per heavy atom. The van der Waals surface area contributed by atoms with Crippen LogP contribution in [-0.2, 0) is 30.3 Å². The molecular weight excluding hydrogens is 474 g/mol. The van der Waals surface area contributed by atoms with Gasteiger partial charge in [-0.15, -0.1) is 0 Å². The number of ether oxygens (including phenoxy) is 2. The van der Waals surface area contributed by atoms with Crippen molar-refractivity contribution in [2.24, 2.45) is 39.7 Å². The third-order valence-corrected chi connectivity index (χ3v) is 10.5. The summed E-state index contributed by atoms with van der Waals surface area (Å²) in [7, 11) is 0. The number of rotatable bonds is 4. The summed E-state index contributed by atoms with van der Waals surface area (Å²) in [5.74, 6) is -5.34. The number of fused-ring (bicyclic) bond motifs is 2. The van der Waals surface area contributed by atoms with E-state index in [2.05, 4.69) is 6.58 Å². The van der Waals surface area contributed by atoms with Crippen LogP contribution in [0, 0.1) is 34.0 Å². The number of carbonyl (C=O) groups excluding carboxylic acids is 3. The maximum Gasteiger partial charge on any atom is 0.323 e. The minimum Gasteiger partial charge on any atom is -0.459 e. The molecule has 8 heteroatoms. The Labute approximate surface area is 216 Å². The Morgan fingerprint density at radius 1 is 1.24 bits per heavy atom. The number of hydrogen-bond donors (Lipinski definition) is 3. The molecule has 1 aromatic rings. The van der Waals surface area contributed by atoms with E-state index >= 15 is 0 Å². The van der Waals surface area contributed by atoms with Gasteiger partial charge in [0.25, 0.3) is 0 Å². The summed E-state index contributed by atoms with van der Waals surface area (Å²) in [6.07, 6.45) is -0.574. The third kappa shape index (κ3) is 2.85. The van der Waals surface area contributed by atoms with Crippen LogP contribution in [0.1, 0.15) is 45.1 Å². The van der Waals surface area contributed by atoms with Crippen molar-refractivity contribution in [2.75, 3.05) is 6.61 Å². The first kappa shape index (κ1) is 24.9. The maximum atomic E-state index is 14.1. The molecule has 8 nitrogen and oxygen atoms in total. The lowest BCUT2D eigenvalue weighted by Gasteiger charge is -2.72. The highest BCUT2D eigenvalue weighted by Crippen LogP contribution is 2.76. The van der Waals surface area contributed by atoms with Gasteiger partial charge in [-0.2, -0.15) is 0 Å². The van der Waals surface area contributed by atoms with Gasteiger partial charge in [-0.1, -0.05) is 50.8 Å². The van der Waals surface area contributed by atoms with Gasteiger partial charge in [-0.25, -0.2) is 0 Å². The van der Waals surface area contributed by atoms with Crippen molar-refractivity contribution >= 4 is 17.5 Å². The van der Waals surface area contributed by atoms with Gasteiger partial charge in [-0.05, 0) is 48.2 Å². The molecule has 2 heterocycles. The predicted octanol–water partition coefficient (Wildman–Crippen LogP) is 1.70. The molecule has 9 atom stereocenters. The van der Waals surface area contributed by atoms with Gasteiger partial charge < -0.3 is 25.4 Å². The van der Waals surface area contributed by atoms with Crippen LogP contribution in [-0.4, -0.2) is 58.4 Å². The zero-order valence-electron chi connectivity index (χ0n) is 21.3. The molecule has 198 valence electrons. The second kappa shape index (κ2) is 7.82. The summed E-state index contributed by atoms with van der Waals surface area (Å²) < 4.78 is 12.0. The first-order valence-corrected chi connectivity index (χ1v) is 13.2. The highest BCUT2D eigenvalue weighted by Gasteiger charge is 2.88. The molecule has 4 aliphatic carbocycles. The van der Waals surface area contributed by atoms with Gasteiger partial charge in [-0.3, -0.25) is 14.4 Å². The van der Waals surface area contributed by atoms with Crippen molar-refractivity contribution in [1.82, 2.24) is 0 Å². The van der Waals surface area contributed by atoms with Crippen LogP contribution in [0.5, 0.6) is 0 Å². The largest absolute Gasteiger partial charge is 0.459 e. The van der Waals surface area contributed by atoms with E-state index in [-0.39, 0.29) is 24.4 Å². The van der Waals surface area contributed by atoms with E-state index in [0.29, 0.717) is 25.7 Å². The standard InChI is InChI=1S/C29H35NO7/c1-15-17-9-10-19-27-14-36-29(35,23(33)21(27)26(2,3)12-11-20(27)31)28(19,22(15)32)24(17)37-25(34)18(30)13-16-7-5-4-6-8-16/h4-8,17-19,21,23-24,33,35H,1,9-14,30H2,2-3H3/t17-,18?,19+,21-,23+,24-,27-,28+,29-/m1/s1. The van der Waals surface area contributed by atoms with Crippen LogP contribution in [0.2, 0.25) is 0 Å². The quantitative estimate of drug-likeness (QED) is 0.412. The fourth-order valence-corrected chi connectivity index (χ4v) is 8.93. The van der Waals surface area contributed by atoms with Crippen LogP contribution < -0.4 is 5.73 Å². The van der Waals surface area contributed by atoms with Crippen LogP contribution in [0.25, 0.3) is 0 Å². The number of ketones is 2. The molecule has 6 fully saturated rings. The molecule has 2 saturated heterocycles. The fraction of sp³-hybridized carbons (Fsp3) is 0.621. The van der Waals surface area contributed by atoms with E-state index in [1.165, 1.54) is 0 Å². The summed E-state index contributed by atoms with van der Waals surface area (Å²) in [6, 6.07) is 8.30. The minimum absolute atomic E-state index is 0.0587. The summed E-state index contributed by atoms with van der Waals surface area (Å²) in [4.78, 5) is 41.2. The molecule has 4 bridgehead atoms. The van der Waals surface area contributed by atoms with Crippen molar-refractivity contribution in [3.05, 3.63) is 48.0 Å². The first-order chi connectivity index (χ1) is 17.4. The summed E-state index contributed by atoms with van der Waals surface area (Å²) in [5, 5.41) is 23.9. The SMILES string of the molecule is C=C1C(=O)[C@]23[C@H](OC(=O)C(N)Cc4ccccc4)[C@@H]1CC[C@H]2[C@@]12CO[C@]3(O)[C@@H](O)[C@@H]1C(C)(C)CCC2=O. The average molecular weight is 510 g/mol. The van der Waals surface area contributed by atoms with Crippen LogP contribution in [0.15, 0.2) is 42.5 Å². The fourth-order valence-electron chi connectivity index (χ4n) is 8.93. The van der Waals surface area contributed by atoms with E-state index in [0.717, 1.165) is 5.56 Å². The normalized spacial score (nSPS) is 44.2. The molecule has 6 aliphatic rings. The topological polar surface area (TPSA) is 136 Å². The molecule has 7 rings (SSSR count). The monoisotopic (exact) mass is 509 g/mol. The lowest BCUT2D eigenvalue weighted by molar-refractivity contribution is -0.437. The molecule has 37 heavy (non-hydrogen) atoms. The number of Topliss-reactive ketones (excluding diaryl/α,β-unsaturated/α-hetero) is 2. The zero-order chi connectivity index (χ0) is 26.5. The molecule has 0 aromatic heterocycles. The van der Waals surface area contributed by atoms with Crippen molar-refractivity contribution in [2.45, 2.75) is 70.0 Å². The molecule has 0 amide bonds. The Bertz CT molecular complexity index is 1200. The number of carbonyl (C=O) groups is 3. The molecule has 4 N–H and O–H groups in total. The maximum absolute atomic E-state index is 14.1. The van der Waals surface area contributed by atoms with Gasteiger partial charge >= 0.3 is 5.97 Å². The lowest BCUT2D eigenvalue weighted by atomic mass is 9.36. The van der Waals surface area contributed by atoms with Crippen LogP contribution in [0.4, 0.5) is 0 Å². The third-order valence-electron chi connectivity index (χ3n) is 10.5. The molecule has 4 saturated carbocycles. The predicted molar refractivity (Wildman–Crippen MR) is 132 cm³/mol. The highest BCUT2D eigenvalue weighted by atomic mass is 16.6. The highest BCUT2D eigenvalue weighted by molar-refractivity contribution is 6.06. The van der Waals surface area contributed by atoms with Gasteiger partial charge in [0.15, 0.2) is 5.78 Å². The number of aliphatic hydroxyl groups is 2. The lowest BCUT2D eigenvalue weighted by Crippen LogP contribution is -2.85. The second-order valence-electron chi connectivity index (χ2n) is 12.5. The number of benzene rings is 1. The van der Waals surface area contributed by atoms with Crippen molar-refractivity contribution < 1.29 is 34.1 Å². The van der Waals surface area contributed by atoms with Gasteiger partial charge in [0.1, 0.15) is 29.4 Å². The van der Waals surface area contributed by atoms with Crippen molar-refractivity contribution in [3.63, 3.8) is 0 Å². The van der Waals surface area contributed by atoms with Gasteiger partial charge in [0, 0.05) is 18.3 Å². The smallest absolute Gasteiger partial charge is 0.323 e. The Hall–Kier alpha value is -2.39. The Morgan fingerprint density at radius 3 is 2.65 bits per heavy atom. The van der Waals surface area contributed by atoms with Gasteiger partial charge in [0.2, 0.25) is 5.79 Å². The van der Waals surface area contributed by atoms with Crippen molar-refractivity contribution in [3.8, 4) is 0 Å². The van der Waals surface area contributed by atoms with Gasteiger partial charge in [0.05, 0.1) is 12.0 Å². The second-order valence-corrected chi connectivity index (χ2v) is 12.5. The average Bonchev–Trinajstić information content (AvgIpc) is 2.98. The number of hydrogen-bond acceptors (Lipinski definition) is 8. The number of nitrogens with two attached hydrogens (primary N) is 1. The van der Waals surface area contributed by atoms with E-state index in [1.807, 2.05) is 44.2 Å². The van der Waals surface area contributed by atoms with E-state index in [4.69, 9.17) is 15.2 Å². The molecule has 0 radical (unpaired) electrons. The summed E-state index contributed by atoms with van der Waals surface area (Å²) >= 11 is 0. The van der Waals surface area contributed by atoms with E-state index in [1.54, 1.807) is 0 Å². The molecule has 1 unspecified atom stereocenters. The minimum atomic E-state index is -2.32. The molecule has 1 aromatic carbocycles. The van der Waals surface area contributed by atoms with Crippen LogP contribution >= 0.6 is 0 Å². The number of esters is 1. The summed E-state index contributed by atoms with van der Waals surface area (Å²) in [6.45, 7) is 7.93. The first-order valence-electron chi connectivity index (χ1n) is 13.2. The molecule has 2 aliphatic heterocycles. The molecular formula is C29H35NO7. The van der Waals surface area contributed by atoms with Crippen molar-refractivity contribution in [1.29, 1.82) is 0 Å². The molecule has 2 spiro atoms. The van der Waals surface area contributed by atoms with E-state index < -0.39 is 69.8 Å². The van der Waals surface area contributed by atoms with Crippen LogP contribution in [0.3, 0.4) is 0 Å². The Kier molecular flexibility index (Phi) is 5.27. The summed E-state index contributed by atoms with van der Waals surface area (Å²) in [5.41, 5.74) is 3.90.